The Kier molecular flexibility index (Phi) is 6.33. The Bertz CT molecular complexity index is 1280. The highest BCUT2D eigenvalue weighted by atomic mass is 16.6. The summed E-state index contributed by atoms with van der Waals surface area (Å²) in [7, 11) is 1.64. The van der Waals surface area contributed by atoms with E-state index in [0.29, 0.717) is 36.8 Å². The molecule has 2 heterocycles. The van der Waals surface area contributed by atoms with Crippen LogP contribution in [0.1, 0.15) is 16.7 Å². The van der Waals surface area contributed by atoms with Gasteiger partial charge in [-0.15, -0.1) is 0 Å². The van der Waals surface area contributed by atoms with Crippen molar-refractivity contribution in [3.05, 3.63) is 95.6 Å². The first kappa shape index (κ1) is 23.4. The van der Waals surface area contributed by atoms with Crippen molar-refractivity contribution in [3.63, 3.8) is 0 Å². The van der Waals surface area contributed by atoms with Crippen molar-refractivity contribution in [3.8, 4) is 11.5 Å². The van der Waals surface area contributed by atoms with Crippen molar-refractivity contribution in [2.45, 2.75) is 18.5 Å². The lowest BCUT2D eigenvalue weighted by Gasteiger charge is -2.28. The minimum atomic E-state index is -1.28. The monoisotopic (exact) mass is 485 g/mol. The third-order valence-corrected chi connectivity index (χ3v) is 6.50. The lowest BCUT2D eigenvalue weighted by Crippen LogP contribution is -2.47. The number of imide groups is 1. The highest BCUT2D eigenvalue weighted by molar-refractivity contribution is 6.09. The summed E-state index contributed by atoms with van der Waals surface area (Å²) in [5.41, 5.74) is 1.15. The lowest BCUT2D eigenvalue weighted by molar-refractivity contribution is -0.138. The zero-order chi connectivity index (χ0) is 25.1. The van der Waals surface area contributed by atoms with Crippen molar-refractivity contribution < 1.29 is 23.9 Å². The van der Waals surface area contributed by atoms with Crippen LogP contribution in [-0.2, 0) is 28.1 Å². The fraction of sp³-hybridized carbons (Fsp3) is 0.250. The predicted molar refractivity (Wildman–Crippen MR) is 132 cm³/mol. The molecule has 1 fully saturated rings. The number of benzene rings is 3. The van der Waals surface area contributed by atoms with Crippen LogP contribution in [0.5, 0.6) is 11.5 Å². The van der Waals surface area contributed by atoms with Gasteiger partial charge in [-0.3, -0.25) is 14.5 Å². The second-order valence-corrected chi connectivity index (χ2v) is 8.98. The molecule has 0 aliphatic carbocycles. The first-order valence-electron chi connectivity index (χ1n) is 11.8. The number of hydrogen-bond acceptors (Lipinski definition) is 5. The number of fused-ring (bicyclic) bond motifs is 1. The molecule has 1 atom stereocenters. The average Bonchev–Trinajstić information content (AvgIpc) is 3.14. The zero-order valence-electron chi connectivity index (χ0n) is 20.0. The molecule has 0 spiro atoms. The molecule has 0 bridgehead atoms. The van der Waals surface area contributed by atoms with Gasteiger partial charge in [0.1, 0.15) is 19.8 Å². The van der Waals surface area contributed by atoms with Crippen LogP contribution in [0.3, 0.4) is 0 Å². The van der Waals surface area contributed by atoms with E-state index in [4.69, 9.17) is 9.47 Å². The maximum Gasteiger partial charge on any atom is 0.325 e. The van der Waals surface area contributed by atoms with Crippen molar-refractivity contribution in [2.24, 2.45) is 0 Å². The number of rotatable bonds is 7. The van der Waals surface area contributed by atoms with Gasteiger partial charge in [0.15, 0.2) is 17.0 Å². The number of carbonyl (C=O) groups is 3. The summed E-state index contributed by atoms with van der Waals surface area (Å²) in [5, 5.41) is 2.90. The summed E-state index contributed by atoms with van der Waals surface area (Å²) >= 11 is 0. The van der Waals surface area contributed by atoms with Crippen LogP contribution in [0.2, 0.25) is 0 Å². The van der Waals surface area contributed by atoms with Gasteiger partial charge in [0.05, 0.1) is 0 Å². The number of urea groups is 1. The van der Waals surface area contributed by atoms with Crippen LogP contribution < -0.4 is 14.8 Å². The molecule has 2 aliphatic heterocycles. The van der Waals surface area contributed by atoms with E-state index in [2.05, 4.69) is 5.32 Å². The maximum absolute atomic E-state index is 13.8. The van der Waals surface area contributed by atoms with Gasteiger partial charge in [-0.05, 0) is 28.8 Å². The lowest BCUT2D eigenvalue weighted by atomic mass is 9.83. The quantitative estimate of drug-likeness (QED) is 0.520. The van der Waals surface area contributed by atoms with Crippen LogP contribution in [0.15, 0.2) is 78.9 Å². The molecule has 8 heteroatoms. The largest absolute Gasteiger partial charge is 0.486 e. The fourth-order valence-electron chi connectivity index (χ4n) is 4.62. The topological polar surface area (TPSA) is 88.2 Å². The second-order valence-electron chi connectivity index (χ2n) is 8.98. The van der Waals surface area contributed by atoms with E-state index in [1.807, 2.05) is 78.9 Å². The van der Waals surface area contributed by atoms with Crippen LogP contribution >= 0.6 is 0 Å². The van der Waals surface area contributed by atoms with Gasteiger partial charge in [-0.25, -0.2) is 4.79 Å². The standard InChI is InChI=1S/C28H27N3O5/c1-30(18-21-12-13-23-24(16-21)36-15-14-35-23)25(32)19-31-26(33)28(29-27(31)34,22-10-6-3-7-11-22)17-20-8-4-2-5-9-20/h2-13,16H,14-15,17-19H2,1H3,(H,29,34). The molecule has 0 saturated carbocycles. The van der Waals surface area contributed by atoms with E-state index in [-0.39, 0.29) is 18.9 Å². The molecule has 1 unspecified atom stereocenters. The van der Waals surface area contributed by atoms with E-state index in [1.165, 1.54) is 4.90 Å². The van der Waals surface area contributed by atoms with Crippen molar-refractivity contribution in [2.75, 3.05) is 26.8 Å². The summed E-state index contributed by atoms with van der Waals surface area (Å²) in [5.74, 6) is 0.525. The number of carbonyl (C=O) groups excluding carboxylic acids is 3. The molecular weight excluding hydrogens is 458 g/mol. The van der Waals surface area contributed by atoms with Crippen LogP contribution in [0.25, 0.3) is 0 Å². The first-order chi connectivity index (χ1) is 17.5. The molecular formula is C28H27N3O5. The Labute approximate surface area is 209 Å². The van der Waals surface area contributed by atoms with Crippen molar-refractivity contribution in [1.29, 1.82) is 0 Å². The SMILES string of the molecule is CN(Cc1ccc2c(c1)OCCO2)C(=O)CN1C(=O)NC(Cc2ccccc2)(c2ccccc2)C1=O. The predicted octanol–water partition coefficient (Wildman–Crippen LogP) is 3.11. The Morgan fingerprint density at radius 2 is 1.58 bits per heavy atom. The minimum absolute atomic E-state index is 0.278. The van der Waals surface area contributed by atoms with Crippen LogP contribution in [-0.4, -0.2) is 54.5 Å². The number of nitrogens with one attached hydrogen (secondary N) is 1. The number of ether oxygens (including phenoxy) is 2. The average molecular weight is 486 g/mol. The molecule has 0 aromatic heterocycles. The molecule has 8 nitrogen and oxygen atoms in total. The molecule has 2 aliphatic rings. The summed E-state index contributed by atoms with van der Waals surface area (Å²) in [4.78, 5) is 42.4. The summed E-state index contributed by atoms with van der Waals surface area (Å²) in [6.07, 6.45) is 0.278. The number of hydrogen-bond donors (Lipinski definition) is 1. The number of likely N-dealkylation sites (N-methyl/N-ethyl adjacent to an activating group) is 1. The Morgan fingerprint density at radius 3 is 2.31 bits per heavy atom. The summed E-state index contributed by atoms with van der Waals surface area (Å²) in [6, 6.07) is 23.6. The van der Waals surface area contributed by atoms with E-state index in [9.17, 15) is 14.4 Å². The smallest absolute Gasteiger partial charge is 0.325 e. The number of amides is 4. The van der Waals surface area contributed by atoms with Gasteiger partial charge in [0, 0.05) is 20.0 Å². The molecule has 184 valence electrons. The molecule has 1 saturated heterocycles. The zero-order valence-corrected chi connectivity index (χ0v) is 20.0. The third kappa shape index (κ3) is 4.49. The third-order valence-electron chi connectivity index (χ3n) is 6.50. The molecule has 3 aromatic rings. The number of nitrogens with zero attached hydrogens (tertiary/aromatic N) is 2. The summed E-state index contributed by atoms with van der Waals surface area (Å²) < 4.78 is 11.2. The van der Waals surface area contributed by atoms with Crippen molar-refractivity contribution in [1.82, 2.24) is 15.1 Å². The highest BCUT2D eigenvalue weighted by Crippen LogP contribution is 2.33. The summed E-state index contributed by atoms with van der Waals surface area (Å²) in [6.45, 7) is 0.928. The molecule has 5 rings (SSSR count). The van der Waals surface area contributed by atoms with Gasteiger partial charge in [0.2, 0.25) is 5.91 Å². The maximum atomic E-state index is 13.8. The Balaban J connectivity index is 1.34. The molecule has 36 heavy (non-hydrogen) atoms. The van der Waals surface area contributed by atoms with Gasteiger partial charge < -0.3 is 19.7 Å². The van der Waals surface area contributed by atoms with E-state index in [0.717, 1.165) is 16.0 Å². The van der Waals surface area contributed by atoms with Crippen molar-refractivity contribution >= 4 is 17.8 Å². The Hall–Kier alpha value is -4.33. The Morgan fingerprint density at radius 1 is 0.917 bits per heavy atom. The second kappa shape index (κ2) is 9.73. The van der Waals surface area contributed by atoms with Crippen LogP contribution in [0, 0.1) is 0 Å². The molecule has 0 radical (unpaired) electrons. The fourth-order valence-corrected chi connectivity index (χ4v) is 4.62. The van der Waals surface area contributed by atoms with Gasteiger partial charge in [0.25, 0.3) is 5.91 Å². The molecule has 1 N–H and O–H groups in total. The van der Waals surface area contributed by atoms with E-state index in [1.54, 1.807) is 7.05 Å². The van der Waals surface area contributed by atoms with Gasteiger partial charge in [-0.2, -0.15) is 0 Å². The van der Waals surface area contributed by atoms with Crippen LogP contribution in [0.4, 0.5) is 4.79 Å². The normalized spacial score (nSPS) is 18.6. The molecule has 3 aromatic carbocycles. The van der Waals surface area contributed by atoms with E-state index >= 15 is 0 Å². The first-order valence-corrected chi connectivity index (χ1v) is 11.8. The highest BCUT2D eigenvalue weighted by Gasteiger charge is 2.52. The van der Waals surface area contributed by atoms with Gasteiger partial charge in [-0.1, -0.05) is 66.7 Å². The minimum Gasteiger partial charge on any atom is -0.486 e. The van der Waals surface area contributed by atoms with E-state index < -0.39 is 17.5 Å². The van der Waals surface area contributed by atoms with Gasteiger partial charge >= 0.3 is 6.03 Å². The molecule has 4 amide bonds.